The van der Waals surface area contributed by atoms with Gasteiger partial charge in [-0.15, -0.1) is 0 Å². The predicted molar refractivity (Wildman–Crippen MR) is 104 cm³/mol. The minimum Gasteiger partial charge on any atom is -0.454 e. The fourth-order valence-corrected chi connectivity index (χ4v) is 6.76. The Morgan fingerprint density at radius 1 is 1.22 bits per heavy atom. The van der Waals surface area contributed by atoms with Crippen molar-refractivity contribution >= 4 is 27.0 Å². The first-order chi connectivity index (χ1) is 12.9. The van der Waals surface area contributed by atoms with Crippen molar-refractivity contribution in [2.24, 2.45) is 11.1 Å². The SMILES string of the molecule is COC[C@]1(C(N)=S)[C@@H](c2ccc3c(c2)OCO3)[C@@H]1S(=O)(=O)c1ccccc1. The standard InChI is InChI=1S/C19H19NO5S2/c1-23-10-19(18(20)26)16(12-7-8-14-15(9-12)25-11-24-14)17(19)27(21,22)13-5-3-2-4-6-13/h2-9,16-17H,10-11H2,1H3,(H2,20,26)/t16-,17-,19-/m0/s1. The summed E-state index contributed by atoms with van der Waals surface area (Å²) in [6, 6.07) is 13.8. The van der Waals surface area contributed by atoms with Gasteiger partial charge in [-0.25, -0.2) is 8.42 Å². The van der Waals surface area contributed by atoms with Gasteiger partial charge in [-0.1, -0.05) is 36.5 Å². The zero-order chi connectivity index (χ0) is 19.2. The number of methoxy groups -OCH3 is 1. The molecule has 0 aromatic heterocycles. The van der Waals surface area contributed by atoms with Crippen LogP contribution in [0.5, 0.6) is 11.5 Å². The fourth-order valence-electron chi connectivity index (χ4n) is 3.97. The number of nitrogens with two attached hydrogens (primary N) is 1. The summed E-state index contributed by atoms with van der Waals surface area (Å²) >= 11 is 5.31. The molecule has 1 aliphatic carbocycles. The van der Waals surface area contributed by atoms with Gasteiger partial charge in [0.05, 0.1) is 27.2 Å². The van der Waals surface area contributed by atoms with Crippen molar-refractivity contribution in [2.75, 3.05) is 20.5 Å². The van der Waals surface area contributed by atoms with E-state index in [-0.39, 0.29) is 23.3 Å². The van der Waals surface area contributed by atoms with Gasteiger partial charge in [0.1, 0.15) is 0 Å². The van der Waals surface area contributed by atoms with E-state index in [0.29, 0.717) is 11.5 Å². The minimum absolute atomic E-state index is 0.123. The molecule has 1 heterocycles. The normalized spacial score (nSPS) is 26.0. The number of sulfone groups is 1. The molecule has 3 atom stereocenters. The Morgan fingerprint density at radius 3 is 2.59 bits per heavy atom. The van der Waals surface area contributed by atoms with Crippen molar-refractivity contribution in [3.63, 3.8) is 0 Å². The molecule has 8 heteroatoms. The number of rotatable bonds is 6. The first-order valence-corrected chi connectivity index (χ1v) is 10.4. The van der Waals surface area contributed by atoms with Crippen LogP contribution in [-0.4, -0.2) is 39.2 Å². The van der Waals surface area contributed by atoms with Crippen LogP contribution in [0.3, 0.4) is 0 Å². The van der Waals surface area contributed by atoms with Crippen molar-refractivity contribution < 1.29 is 22.6 Å². The van der Waals surface area contributed by atoms with Gasteiger partial charge < -0.3 is 19.9 Å². The summed E-state index contributed by atoms with van der Waals surface area (Å²) in [6.45, 7) is 0.270. The molecule has 1 fully saturated rings. The van der Waals surface area contributed by atoms with Crippen LogP contribution in [0.4, 0.5) is 0 Å². The molecule has 1 saturated carbocycles. The van der Waals surface area contributed by atoms with Crippen molar-refractivity contribution in [1.82, 2.24) is 0 Å². The van der Waals surface area contributed by atoms with Gasteiger partial charge >= 0.3 is 0 Å². The highest BCUT2D eigenvalue weighted by Gasteiger charge is 2.73. The lowest BCUT2D eigenvalue weighted by Crippen LogP contribution is -2.33. The average molecular weight is 405 g/mol. The molecular weight excluding hydrogens is 386 g/mol. The maximum absolute atomic E-state index is 13.4. The van der Waals surface area contributed by atoms with E-state index in [1.807, 2.05) is 6.07 Å². The fraction of sp³-hybridized carbons (Fsp3) is 0.316. The van der Waals surface area contributed by atoms with Crippen LogP contribution in [-0.2, 0) is 14.6 Å². The van der Waals surface area contributed by atoms with Gasteiger partial charge in [0, 0.05) is 13.0 Å². The highest BCUT2D eigenvalue weighted by Crippen LogP contribution is 2.65. The second-order valence-electron chi connectivity index (χ2n) is 6.71. The number of benzene rings is 2. The van der Waals surface area contributed by atoms with E-state index < -0.39 is 26.4 Å². The zero-order valence-electron chi connectivity index (χ0n) is 14.6. The molecular formula is C19H19NO5S2. The highest BCUT2D eigenvalue weighted by atomic mass is 32.2. The number of hydrogen-bond acceptors (Lipinski definition) is 6. The van der Waals surface area contributed by atoms with Crippen LogP contribution in [0.25, 0.3) is 0 Å². The number of fused-ring (bicyclic) bond motifs is 1. The van der Waals surface area contributed by atoms with Crippen molar-refractivity contribution in [3.8, 4) is 11.5 Å². The average Bonchev–Trinajstić information content (AvgIpc) is 3.13. The lowest BCUT2D eigenvalue weighted by molar-refractivity contribution is 0.166. The summed E-state index contributed by atoms with van der Waals surface area (Å²) in [5.41, 5.74) is 5.88. The topological polar surface area (TPSA) is 87.8 Å². The van der Waals surface area contributed by atoms with Crippen LogP contribution in [0.2, 0.25) is 0 Å². The van der Waals surface area contributed by atoms with Crippen LogP contribution in [0.1, 0.15) is 11.5 Å². The van der Waals surface area contributed by atoms with Gasteiger partial charge in [-0.05, 0) is 29.8 Å². The van der Waals surface area contributed by atoms with Gasteiger partial charge in [0.15, 0.2) is 21.3 Å². The third-order valence-electron chi connectivity index (χ3n) is 5.26. The lowest BCUT2D eigenvalue weighted by atomic mass is 9.99. The van der Waals surface area contributed by atoms with E-state index in [1.54, 1.807) is 42.5 Å². The summed E-state index contributed by atoms with van der Waals surface area (Å²) in [5.74, 6) is 0.800. The third-order valence-corrected chi connectivity index (χ3v) is 7.93. The Kier molecular flexibility index (Phi) is 4.37. The molecule has 0 spiro atoms. The molecule has 27 heavy (non-hydrogen) atoms. The summed E-state index contributed by atoms with van der Waals surface area (Å²) in [4.78, 5) is 0.381. The number of ether oxygens (including phenoxy) is 3. The molecule has 4 rings (SSSR count). The lowest BCUT2D eigenvalue weighted by Gasteiger charge is -2.16. The van der Waals surface area contributed by atoms with E-state index in [1.165, 1.54) is 7.11 Å². The van der Waals surface area contributed by atoms with E-state index >= 15 is 0 Å². The summed E-state index contributed by atoms with van der Waals surface area (Å²) in [7, 11) is -2.16. The number of thiocarbonyl (C=S) groups is 1. The first kappa shape index (κ1) is 18.2. The van der Waals surface area contributed by atoms with Gasteiger partial charge in [0.25, 0.3) is 0 Å². The zero-order valence-corrected chi connectivity index (χ0v) is 16.3. The molecule has 0 saturated heterocycles. The van der Waals surface area contributed by atoms with Crippen LogP contribution >= 0.6 is 12.2 Å². The second kappa shape index (κ2) is 6.47. The molecule has 0 amide bonds. The Labute approximate surface area is 163 Å². The molecule has 2 N–H and O–H groups in total. The van der Waals surface area contributed by atoms with Crippen LogP contribution < -0.4 is 15.2 Å². The Hall–Kier alpha value is -2.16. The van der Waals surface area contributed by atoms with Crippen LogP contribution in [0, 0.1) is 5.41 Å². The smallest absolute Gasteiger partial charge is 0.231 e. The maximum Gasteiger partial charge on any atom is 0.231 e. The van der Waals surface area contributed by atoms with Crippen LogP contribution in [0.15, 0.2) is 53.4 Å². The summed E-state index contributed by atoms with van der Waals surface area (Å²) < 4.78 is 42.9. The predicted octanol–water partition coefficient (Wildman–Crippen LogP) is 2.27. The van der Waals surface area contributed by atoms with Gasteiger partial charge in [-0.2, -0.15) is 0 Å². The quantitative estimate of drug-likeness (QED) is 0.738. The van der Waals surface area contributed by atoms with Gasteiger partial charge in [-0.3, -0.25) is 0 Å². The molecule has 2 aromatic rings. The third kappa shape index (κ3) is 2.70. The van der Waals surface area contributed by atoms with Crippen molar-refractivity contribution in [1.29, 1.82) is 0 Å². The van der Waals surface area contributed by atoms with E-state index in [2.05, 4.69) is 0 Å². The van der Waals surface area contributed by atoms with E-state index in [9.17, 15) is 8.42 Å². The molecule has 2 aliphatic rings. The second-order valence-corrected chi connectivity index (χ2v) is 9.22. The Bertz CT molecular complexity index is 992. The Morgan fingerprint density at radius 2 is 1.93 bits per heavy atom. The molecule has 142 valence electrons. The molecule has 0 radical (unpaired) electrons. The molecule has 0 bridgehead atoms. The minimum atomic E-state index is -3.67. The monoisotopic (exact) mass is 405 g/mol. The first-order valence-electron chi connectivity index (χ1n) is 8.40. The maximum atomic E-state index is 13.4. The van der Waals surface area contributed by atoms with E-state index in [4.69, 9.17) is 32.2 Å². The molecule has 0 unspecified atom stereocenters. The largest absolute Gasteiger partial charge is 0.454 e. The van der Waals surface area contributed by atoms with Crippen molar-refractivity contribution in [2.45, 2.75) is 16.1 Å². The van der Waals surface area contributed by atoms with Crippen molar-refractivity contribution in [3.05, 3.63) is 54.1 Å². The number of hydrogen-bond donors (Lipinski definition) is 1. The highest BCUT2D eigenvalue weighted by molar-refractivity contribution is 7.92. The van der Waals surface area contributed by atoms with Gasteiger partial charge in [0.2, 0.25) is 6.79 Å². The Balaban J connectivity index is 1.82. The molecule has 1 aliphatic heterocycles. The summed E-state index contributed by atoms with van der Waals surface area (Å²) in [5, 5.41) is -0.801. The summed E-state index contributed by atoms with van der Waals surface area (Å²) in [6.07, 6.45) is 0. The van der Waals surface area contributed by atoms with E-state index in [0.717, 1.165) is 5.56 Å². The molecule has 2 aromatic carbocycles. The molecule has 6 nitrogen and oxygen atoms in total.